The molecule has 0 radical (unpaired) electrons. The lowest BCUT2D eigenvalue weighted by molar-refractivity contribution is 0.326. The molecule has 0 aliphatic heterocycles. The average molecular weight is 302 g/mol. The highest BCUT2D eigenvalue weighted by Gasteiger charge is 2.12. The zero-order valence-corrected chi connectivity index (χ0v) is 13.1. The lowest BCUT2D eigenvalue weighted by Crippen LogP contribution is -2.29. The summed E-state index contributed by atoms with van der Waals surface area (Å²) in [6, 6.07) is 6.60. The van der Waals surface area contributed by atoms with Crippen molar-refractivity contribution < 1.29 is 12.8 Å². The summed E-state index contributed by atoms with van der Waals surface area (Å²) in [5, 5.41) is 3.16. The van der Waals surface area contributed by atoms with Crippen LogP contribution in [0.3, 0.4) is 0 Å². The van der Waals surface area contributed by atoms with Crippen LogP contribution in [0, 0.1) is 5.82 Å². The normalized spacial score (nSPS) is 13.7. The van der Waals surface area contributed by atoms with Crippen molar-refractivity contribution in [2.75, 3.05) is 39.2 Å². The second-order valence-electron chi connectivity index (χ2n) is 5.12. The number of nitrogens with one attached hydrogen (secondary N) is 1. The molecule has 1 unspecified atom stereocenters. The molecule has 0 aliphatic rings. The maximum atomic E-state index is 13.2. The fourth-order valence-electron chi connectivity index (χ4n) is 1.98. The molecule has 1 N–H and O–H groups in total. The van der Waals surface area contributed by atoms with Gasteiger partial charge in [0.25, 0.3) is 0 Å². The van der Waals surface area contributed by atoms with E-state index in [1.807, 2.05) is 25.1 Å². The molecule has 0 fully saturated rings. The SMILES string of the molecule is CNC(CCN(C)CCS(C)(=O)=O)c1cccc(F)c1. The summed E-state index contributed by atoms with van der Waals surface area (Å²) in [5.41, 5.74) is 0.906. The van der Waals surface area contributed by atoms with Gasteiger partial charge in [-0.25, -0.2) is 12.8 Å². The molecule has 0 bridgehead atoms. The molecular formula is C14H23FN2O2S. The van der Waals surface area contributed by atoms with Gasteiger partial charge in [0.05, 0.1) is 5.75 Å². The quantitative estimate of drug-likeness (QED) is 0.790. The van der Waals surface area contributed by atoms with Crippen LogP contribution < -0.4 is 5.32 Å². The smallest absolute Gasteiger partial charge is 0.148 e. The molecule has 0 spiro atoms. The lowest BCUT2D eigenvalue weighted by atomic mass is 10.0. The number of nitrogens with zero attached hydrogens (tertiary/aromatic N) is 1. The summed E-state index contributed by atoms with van der Waals surface area (Å²) in [5.74, 6) is -0.0820. The molecule has 20 heavy (non-hydrogen) atoms. The minimum Gasteiger partial charge on any atom is -0.313 e. The number of hydrogen-bond acceptors (Lipinski definition) is 4. The summed E-state index contributed by atoms with van der Waals surface area (Å²) in [4.78, 5) is 1.98. The van der Waals surface area contributed by atoms with Gasteiger partial charge in [0.2, 0.25) is 0 Å². The van der Waals surface area contributed by atoms with Crippen LogP contribution in [0.2, 0.25) is 0 Å². The minimum atomic E-state index is -2.93. The van der Waals surface area contributed by atoms with Crippen molar-refractivity contribution in [1.82, 2.24) is 10.2 Å². The largest absolute Gasteiger partial charge is 0.313 e. The minimum absolute atomic E-state index is 0.0615. The molecule has 1 aromatic carbocycles. The predicted molar refractivity (Wildman–Crippen MR) is 80.0 cm³/mol. The van der Waals surface area contributed by atoms with Crippen LogP contribution in [0.15, 0.2) is 24.3 Å². The molecule has 6 heteroatoms. The third-order valence-corrected chi connectivity index (χ3v) is 4.17. The fourth-order valence-corrected chi connectivity index (χ4v) is 2.63. The Bertz CT molecular complexity index is 520. The Morgan fingerprint density at radius 1 is 1.35 bits per heavy atom. The molecule has 114 valence electrons. The van der Waals surface area contributed by atoms with Crippen LogP contribution >= 0.6 is 0 Å². The van der Waals surface area contributed by atoms with Gasteiger partial charge in [-0.3, -0.25) is 0 Å². The van der Waals surface area contributed by atoms with Gasteiger partial charge < -0.3 is 10.2 Å². The highest BCUT2D eigenvalue weighted by molar-refractivity contribution is 7.90. The van der Waals surface area contributed by atoms with E-state index in [0.717, 1.165) is 18.5 Å². The Hall–Kier alpha value is -0.980. The van der Waals surface area contributed by atoms with E-state index in [-0.39, 0.29) is 17.6 Å². The topological polar surface area (TPSA) is 49.4 Å². The average Bonchev–Trinajstić information content (AvgIpc) is 2.36. The summed E-state index contributed by atoms with van der Waals surface area (Å²) >= 11 is 0. The van der Waals surface area contributed by atoms with Crippen LogP contribution in [-0.4, -0.2) is 52.5 Å². The molecule has 0 amide bonds. The van der Waals surface area contributed by atoms with Crippen molar-refractivity contribution in [3.8, 4) is 0 Å². The van der Waals surface area contributed by atoms with Gasteiger partial charge in [-0.05, 0) is 44.8 Å². The molecule has 1 atom stereocenters. The van der Waals surface area contributed by atoms with Crippen molar-refractivity contribution in [2.24, 2.45) is 0 Å². The highest BCUT2D eigenvalue weighted by atomic mass is 32.2. The van der Waals surface area contributed by atoms with Crippen LogP contribution in [0.1, 0.15) is 18.0 Å². The monoisotopic (exact) mass is 302 g/mol. The first kappa shape index (κ1) is 17.1. The molecule has 4 nitrogen and oxygen atoms in total. The van der Waals surface area contributed by atoms with E-state index in [0.29, 0.717) is 6.54 Å². The van der Waals surface area contributed by atoms with E-state index in [4.69, 9.17) is 0 Å². The molecular weight excluding hydrogens is 279 g/mol. The van der Waals surface area contributed by atoms with Crippen LogP contribution in [0.5, 0.6) is 0 Å². The molecule has 0 heterocycles. The molecule has 1 rings (SSSR count). The predicted octanol–water partition coefficient (Wildman–Crippen LogP) is 1.45. The van der Waals surface area contributed by atoms with Crippen molar-refractivity contribution in [1.29, 1.82) is 0 Å². The summed E-state index contributed by atoms with van der Waals surface area (Å²) in [7, 11) is 0.804. The Kier molecular flexibility index (Phi) is 6.58. The van der Waals surface area contributed by atoms with Gasteiger partial charge in [0, 0.05) is 18.8 Å². The molecule has 0 aliphatic carbocycles. The van der Waals surface area contributed by atoms with Gasteiger partial charge in [0.15, 0.2) is 0 Å². The third-order valence-electron chi connectivity index (χ3n) is 3.24. The van der Waals surface area contributed by atoms with Gasteiger partial charge in [-0.2, -0.15) is 0 Å². The van der Waals surface area contributed by atoms with Gasteiger partial charge in [0.1, 0.15) is 15.7 Å². The maximum Gasteiger partial charge on any atom is 0.148 e. The number of rotatable bonds is 8. The van der Waals surface area contributed by atoms with Gasteiger partial charge in [-0.1, -0.05) is 12.1 Å². The standard InChI is InChI=1S/C14H23FN2O2S/c1-16-14(12-5-4-6-13(15)11-12)7-8-17(2)9-10-20(3,18)19/h4-6,11,14,16H,7-10H2,1-3H3. The molecule has 0 saturated heterocycles. The summed E-state index contributed by atoms with van der Waals surface area (Å²) < 4.78 is 35.4. The van der Waals surface area contributed by atoms with E-state index in [1.54, 1.807) is 6.07 Å². The molecule has 0 aromatic heterocycles. The molecule has 1 aromatic rings. The number of benzene rings is 1. The van der Waals surface area contributed by atoms with Crippen molar-refractivity contribution in [2.45, 2.75) is 12.5 Å². The van der Waals surface area contributed by atoms with Crippen molar-refractivity contribution >= 4 is 9.84 Å². The lowest BCUT2D eigenvalue weighted by Gasteiger charge is -2.21. The van der Waals surface area contributed by atoms with E-state index in [9.17, 15) is 12.8 Å². The fraction of sp³-hybridized carbons (Fsp3) is 0.571. The van der Waals surface area contributed by atoms with E-state index in [1.165, 1.54) is 18.4 Å². The Labute approximate surface area is 120 Å². The first-order chi connectivity index (χ1) is 9.31. The Morgan fingerprint density at radius 3 is 2.60 bits per heavy atom. The number of sulfone groups is 1. The number of hydrogen-bond donors (Lipinski definition) is 1. The number of halogens is 1. The van der Waals surface area contributed by atoms with Gasteiger partial charge in [-0.15, -0.1) is 0 Å². The van der Waals surface area contributed by atoms with E-state index >= 15 is 0 Å². The van der Waals surface area contributed by atoms with E-state index < -0.39 is 9.84 Å². The summed E-state index contributed by atoms with van der Waals surface area (Å²) in [6.07, 6.45) is 2.03. The molecule has 0 saturated carbocycles. The zero-order chi connectivity index (χ0) is 15.2. The maximum absolute atomic E-state index is 13.2. The Morgan fingerprint density at radius 2 is 2.05 bits per heavy atom. The van der Waals surface area contributed by atoms with Crippen LogP contribution in [0.25, 0.3) is 0 Å². The second kappa shape index (κ2) is 7.71. The second-order valence-corrected chi connectivity index (χ2v) is 7.38. The zero-order valence-electron chi connectivity index (χ0n) is 12.3. The van der Waals surface area contributed by atoms with Crippen molar-refractivity contribution in [3.05, 3.63) is 35.6 Å². The van der Waals surface area contributed by atoms with Crippen LogP contribution in [-0.2, 0) is 9.84 Å². The third kappa shape index (κ3) is 6.45. The van der Waals surface area contributed by atoms with Crippen LogP contribution in [0.4, 0.5) is 4.39 Å². The first-order valence-electron chi connectivity index (χ1n) is 6.61. The first-order valence-corrected chi connectivity index (χ1v) is 8.67. The van der Waals surface area contributed by atoms with E-state index in [2.05, 4.69) is 5.32 Å². The highest BCUT2D eigenvalue weighted by Crippen LogP contribution is 2.17. The summed E-state index contributed by atoms with van der Waals surface area (Å²) in [6.45, 7) is 1.26. The Balaban J connectivity index is 2.49. The van der Waals surface area contributed by atoms with Gasteiger partial charge >= 0.3 is 0 Å². The van der Waals surface area contributed by atoms with Crippen molar-refractivity contribution in [3.63, 3.8) is 0 Å².